The van der Waals surface area contributed by atoms with E-state index in [1.807, 2.05) is 6.92 Å². The number of nitrogens with one attached hydrogen (secondary N) is 3. The highest BCUT2D eigenvalue weighted by Gasteiger charge is 2.27. The Kier molecular flexibility index (Phi) is 18.3. The van der Waals surface area contributed by atoms with E-state index >= 15 is 0 Å². The van der Waals surface area contributed by atoms with Crippen LogP contribution in [0.25, 0.3) is 0 Å². The summed E-state index contributed by atoms with van der Waals surface area (Å²) < 4.78 is 5.67. The van der Waals surface area contributed by atoms with Gasteiger partial charge in [0.05, 0.1) is 18.7 Å². The first-order chi connectivity index (χ1) is 21.7. The molecule has 2 bridgehead atoms. The zero-order valence-corrected chi connectivity index (χ0v) is 28.6. The molecule has 0 saturated heterocycles. The van der Waals surface area contributed by atoms with Gasteiger partial charge in [-0.1, -0.05) is 70.4 Å². The summed E-state index contributed by atoms with van der Waals surface area (Å²) in [5, 5.41) is 8.23. The lowest BCUT2D eigenvalue weighted by molar-refractivity contribution is -0.151. The van der Waals surface area contributed by atoms with Crippen LogP contribution in [0.5, 0.6) is 0 Å². The molecule has 2 atom stereocenters. The van der Waals surface area contributed by atoms with Crippen molar-refractivity contribution in [1.82, 2.24) is 20.9 Å². The summed E-state index contributed by atoms with van der Waals surface area (Å²) >= 11 is 2.77. The van der Waals surface area contributed by atoms with Gasteiger partial charge < -0.3 is 20.7 Å². The number of esters is 1. The van der Waals surface area contributed by atoms with Crippen molar-refractivity contribution in [3.8, 4) is 0 Å². The van der Waals surface area contributed by atoms with Gasteiger partial charge >= 0.3 is 5.97 Å². The Morgan fingerprint density at radius 3 is 2.51 bits per heavy atom. The minimum absolute atomic E-state index is 0.0188. The van der Waals surface area contributed by atoms with Crippen molar-refractivity contribution in [1.29, 1.82) is 0 Å². The third kappa shape index (κ3) is 14.2. The number of hydrogen-bond acceptors (Lipinski definition) is 9. The van der Waals surface area contributed by atoms with Gasteiger partial charge in [-0.25, -0.2) is 9.78 Å². The number of cyclic esters (lactones) is 1. The Morgan fingerprint density at radius 2 is 1.80 bits per heavy atom. The van der Waals surface area contributed by atoms with Crippen molar-refractivity contribution in [2.45, 2.75) is 115 Å². The molecule has 0 unspecified atom stereocenters. The monoisotopic (exact) mass is 660 g/mol. The summed E-state index contributed by atoms with van der Waals surface area (Å²) in [6.07, 6.45) is 11.6. The van der Waals surface area contributed by atoms with Crippen LogP contribution < -0.4 is 16.0 Å². The van der Waals surface area contributed by atoms with Crippen LogP contribution in [0.1, 0.15) is 108 Å². The highest BCUT2D eigenvalue weighted by molar-refractivity contribution is 8.13. The number of carbonyl (C=O) groups is 5. The van der Waals surface area contributed by atoms with E-state index in [2.05, 4.69) is 27.9 Å². The van der Waals surface area contributed by atoms with Crippen molar-refractivity contribution < 1.29 is 28.7 Å². The lowest BCUT2D eigenvalue weighted by Gasteiger charge is -2.21. The van der Waals surface area contributed by atoms with Gasteiger partial charge in [-0.3, -0.25) is 19.2 Å². The molecule has 3 N–H and O–H groups in total. The van der Waals surface area contributed by atoms with Gasteiger partial charge in [-0.15, -0.1) is 11.8 Å². The van der Waals surface area contributed by atoms with E-state index in [0.717, 1.165) is 31.4 Å². The first-order valence-electron chi connectivity index (χ1n) is 15.9. The summed E-state index contributed by atoms with van der Waals surface area (Å²) in [6, 6.07) is 2.53. The number of unbranched alkanes of at least 4 members (excludes halogenated alkanes) is 4. The SMILES string of the molecule is C/C=C1\NC(=O)c2nc(ccc2SCCC)CNC(=O)C[C@@H](/C=C/CCSC(=O)CCCCCCC)OC(=O)[C@H](CC)NC1=O. The van der Waals surface area contributed by atoms with Gasteiger partial charge in [0.1, 0.15) is 23.5 Å². The number of aromatic nitrogens is 1. The number of carbonyl (C=O) groups excluding carboxylic acids is 5. The molecule has 1 aliphatic rings. The smallest absolute Gasteiger partial charge is 0.329 e. The number of fused-ring (bicyclic) bond motifs is 2. The molecule has 1 aromatic rings. The fourth-order valence-corrected chi connectivity index (χ4v) is 5.97. The van der Waals surface area contributed by atoms with Gasteiger partial charge in [0, 0.05) is 17.1 Å². The predicted octanol–water partition coefficient (Wildman–Crippen LogP) is 5.61. The van der Waals surface area contributed by atoms with Crippen LogP contribution in [0.3, 0.4) is 0 Å². The minimum atomic E-state index is -1.00. The van der Waals surface area contributed by atoms with E-state index in [9.17, 15) is 24.0 Å². The molecular weight excluding hydrogens is 613 g/mol. The Hall–Kier alpha value is -3.12. The Labute approximate surface area is 275 Å². The van der Waals surface area contributed by atoms with Crippen LogP contribution in [0, 0.1) is 0 Å². The normalized spacial score (nSPS) is 19.2. The van der Waals surface area contributed by atoms with Crippen molar-refractivity contribution >= 4 is 52.3 Å². The molecule has 248 valence electrons. The van der Waals surface area contributed by atoms with Crippen LogP contribution >= 0.6 is 23.5 Å². The zero-order chi connectivity index (χ0) is 33.0. The highest BCUT2D eigenvalue weighted by Crippen LogP contribution is 2.23. The Morgan fingerprint density at radius 1 is 1.02 bits per heavy atom. The average Bonchev–Trinajstić information content (AvgIpc) is 3.03. The number of ether oxygens (including phenoxy) is 1. The van der Waals surface area contributed by atoms with E-state index in [1.165, 1.54) is 42.4 Å². The predicted molar refractivity (Wildman–Crippen MR) is 180 cm³/mol. The minimum Gasteiger partial charge on any atom is -0.456 e. The molecule has 1 aliphatic heterocycles. The maximum Gasteiger partial charge on any atom is 0.329 e. The quantitative estimate of drug-likeness (QED) is 0.0763. The number of allylic oxidation sites excluding steroid dienone is 2. The second kappa shape index (κ2) is 21.6. The molecule has 2 heterocycles. The van der Waals surface area contributed by atoms with Crippen LogP contribution in [-0.2, 0) is 30.5 Å². The highest BCUT2D eigenvalue weighted by atomic mass is 32.2. The third-order valence-corrected chi connectivity index (χ3v) is 9.09. The number of pyridine rings is 1. The van der Waals surface area contributed by atoms with Gasteiger partial charge in [0.25, 0.3) is 11.8 Å². The maximum absolute atomic E-state index is 13.2. The fraction of sp³-hybridized carbons (Fsp3) is 0.576. The van der Waals surface area contributed by atoms with E-state index in [1.54, 1.807) is 38.1 Å². The molecule has 0 aliphatic carbocycles. The summed E-state index contributed by atoms with van der Waals surface area (Å²) in [4.78, 5) is 69.7. The first kappa shape index (κ1) is 38.1. The van der Waals surface area contributed by atoms with Crippen molar-refractivity contribution in [3.63, 3.8) is 0 Å². The van der Waals surface area contributed by atoms with Crippen LogP contribution in [0.4, 0.5) is 0 Å². The van der Waals surface area contributed by atoms with E-state index in [0.29, 0.717) is 29.2 Å². The van der Waals surface area contributed by atoms with Gasteiger partial charge in [-0.2, -0.15) is 0 Å². The van der Waals surface area contributed by atoms with Crippen LogP contribution in [0.2, 0.25) is 0 Å². The molecule has 0 aromatic carbocycles. The van der Waals surface area contributed by atoms with Crippen LogP contribution in [0.15, 0.2) is 41.0 Å². The van der Waals surface area contributed by atoms with E-state index in [4.69, 9.17) is 4.74 Å². The van der Waals surface area contributed by atoms with E-state index < -0.39 is 29.9 Å². The number of amides is 3. The molecular formula is C33H48N4O6S2. The number of hydrogen-bond donors (Lipinski definition) is 3. The molecule has 45 heavy (non-hydrogen) atoms. The molecule has 3 amide bonds. The van der Waals surface area contributed by atoms with E-state index in [-0.39, 0.29) is 41.8 Å². The molecule has 2 rings (SSSR count). The Balaban J connectivity index is 2.18. The summed E-state index contributed by atoms with van der Waals surface area (Å²) in [5.74, 6) is -0.911. The maximum atomic E-state index is 13.2. The summed E-state index contributed by atoms with van der Waals surface area (Å²) in [5.41, 5.74) is 0.601. The van der Waals surface area contributed by atoms with Gasteiger partial charge in [0.15, 0.2) is 5.12 Å². The number of rotatable bonds is 14. The molecule has 1 aromatic heterocycles. The second-order valence-electron chi connectivity index (χ2n) is 10.6. The third-order valence-electron chi connectivity index (χ3n) is 6.88. The average molecular weight is 661 g/mol. The fourth-order valence-electron chi connectivity index (χ4n) is 4.34. The first-order valence-corrected chi connectivity index (χ1v) is 17.9. The lowest BCUT2D eigenvalue weighted by Crippen LogP contribution is -2.46. The molecule has 12 heteroatoms. The van der Waals surface area contributed by atoms with Crippen molar-refractivity contribution in [2.24, 2.45) is 0 Å². The molecule has 0 radical (unpaired) electrons. The summed E-state index contributed by atoms with van der Waals surface area (Å²) in [6.45, 7) is 7.59. The summed E-state index contributed by atoms with van der Waals surface area (Å²) in [7, 11) is 0. The number of thioether (sulfide) groups is 2. The van der Waals surface area contributed by atoms with Crippen LogP contribution in [-0.4, -0.2) is 57.4 Å². The molecule has 10 nitrogen and oxygen atoms in total. The topological polar surface area (TPSA) is 144 Å². The van der Waals surface area contributed by atoms with Gasteiger partial charge in [-0.05, 0) is 56.6 Å². The largest absolute Gasteiger partial charge is 0.456 e. The Bertz CT molecular complexity index is 1220. The molecule has 0 saturated carbocycles. The molecule has 0 spiro atoms. The second-order valence-corrected chi connectivity index (χ2v) is 12.9. The zero-order valence-electron chi connectivity index (χ0n) is 26.9. The molecule has 0 fully saturated rings. The van der Waals surface area contributed by atoms with Gasteiger partial charge in [0.2, 0.25) is 5.91 Å². The standard InChI is InChI=1S/C33H48N4O6S2/c1-5-9-10-11-12-16-29(39)45-20-14-13-15-24-21-28(38)34-22-23-17-18-27(44-19-6-2)30(35-23)32(41)36-25(7-3)31(40)37-26(8-4)33(42)43-24/h7,13,15,17-18,24,26H,5-6,8-12,14,16,19-22H2,1-4H3,(H,34,38)(H,36,41)(H,37,40)/b15-13+,25-7-/t24-,26+/m1/s1. The number of nitrogens with zero attached hydrogens (tertiary/aromatic N) is 1. The van der Waals surface area contributed by atoms with Crippen molar-refractivity contribution in [2.75, 3.05) is 11.5 Å². The van der Waals surface area contributed by atoms with Crippen molar-refractivity contribution in [3.05, 3.63) is 47.4 Å². The lowest BCUT2D eigenvalue weighted by atomic mass is 10.1.